The fraction of sp³-hybridized carbons (Fsp3) is 0.294. The molecule has 2 aromatic rings. The van der Waals surface area contributed by atoms with Gasteiger partial charge < -0.3 is 8.92 Å². The quantitative estimate of drug-likeness (QED) is 0.739. The van der Waals surface area contributed by atoms with Crippen LogP contribution in [0.3, 0.4) is 0 Å². The Balaban J connectivity index is 2.55. The fourth-order valence-electron chi connectivity index (χ4n) is 2.33. The molecule has 0 radical (unpaired) electrons. The Morgan fingerprint density at radius 2 is 1.74 bits per heavy atom. The van der Waals surface area contributed by atoms with E-state index in [1.54, 1.807) is 30.3 Å². The number of hydrogen-bond donors (Lipinski definition) is 0. The smallest absolute Gasteiger partial charge is 0.342 e. The van der Waals surface area contributed by atoms with E-state index in [0.717, 1.165) is 11.1 Å². The second kappa shape index (κ2) is 6.81. The van der Waals surface area contributed by atoms with E-state index in [9.17, 15) is 8.42 Å². The third kappa shape index (κ3) is 3.79. The van der Waals surface area contributed by atoms with Crippen molar-refractivity contribution in [1.82, 2.24) is 0 Å². The summed E-state index contributed by atoms with van der Waals surface area (Å²) in [6.07, 6.45) is 0. The molecule has 0 spiro atoms. The van der Waals surface area contributed by atoms with Crippen molar-refractivity contribution in [2.45, 2.75) is 31.6 Å². The lowest BCUT2D eigenvalue weighted by molar-refractivity contribution is 0.397. The first-order valence-corrected chi connectivity index (χ1v) is 8.92. The lowest BCUT2D eigenvalue weighted by Crippen LogP contribution is -2.12. The molecule has 0 unspecified atom stereocenters. The molecule has 0 N–H and O–H groups in total. The van der Waals surface area contributed by atoms with Gasteiger partial charge in [-0.05, 0) is 48.2 Å². The Hall–Kier alpha value is -1.72. The number of benzene rings is 2. The Morgan fingerprint density at radius 1 is 1.09 bits per heavy atom. The predicted molar refractivity (Wildman–Crippen MR) is 91.1 cm³/mol. The summed E-state index contributed by atoms with van der Waals surface area (Å²) < 4.78 is 35.7. The predicted octanol–water partition coefficient (Wildman–Crippen LogP) is 4.55. The summed E-state index contributed by atoms with van der Waals surface area (Å²) in [6.45, 7) is 5.92. The summed E-state index contributed by atoms with van der Waals surface area (Å²) >= 11 is 5.98. The van der Waals surface area contributed by atoms with Crippen LogP contribution in [-0.4, -0.2) is 15.5 Å². The number of rotatable bonds is 5. The average Bonchev–Trinajstić information content (AvgIpc) is 2.48. The fourth-order valence-corrected chi connectivity index (χ4v) is 3.68. The molecule has 0 aliphatic heterocycles. The number of methoxy groups -OCH3 is 1. The summed E-state index contributed by atoms with van der Waals surface area (Å²) in [5.41, 5.74) is 1.89. The number of hydrogen-bond acceptors (Lipinski definition) is 4. The molecule has 124 valence electrons. The number of para-hydroxylation sites is 1. The molecule has 0 aliphatic rings. The van der Waals surface area contributed by atoms with E-state index in [1.807, 2.05) is 20.8 Å². The maximum Gasteiger partial charge on any atom is 0.342 e. The summed E-state index contributed by atoms with van der Waals surface area (Å²) in [5, 5.41) is 0.228. The normalized spacial score (nSPS) is 11.6. The summed E-state index contributed by atoms with van der Waals surface area (Å²) in [7, 11) is -2.63. The monoisotopic (exact) mass is 354 g/mol. The molecule has 2 aromatic carbocycles. The molecular weight excluding hydrogens is 336 g/mol. The third-order valence-corrected chi connectivity index (χ3v) is 5.05. The van der Waals surface area contributed by atoms with E-state index in [4.69, 9.17) is 20.5 Å². The van der Waals surface area contributed by atoms with Gasteiger partial charge in [-0.1, -0.05) is 37.6 Å². The molecule has 0 aliphatic carbocycles. The van der Waals surface area contributed by atoms with Crippen LogP contribution in [0, 0.1) is 6.92 Å². The van der Waals surface area contributed by atoms with Gasteiger partial charge in [-0.2, -0.15) is 8.42 Å². The van der Waals surface area contributed by atoms with Crippen LogP contribution in [0.1, 0.15) is 30.9 Å². The van der Waals surface area contributed by atoms with E-state index in [-0.39, 0.29) is 27.3 Å². The van der Waals surface area contributed by atoms with Gasteiger partial charge in [-0.15, -0.1) is 0 Å². The number of halogens is 1. The minimum absolute atomic E-state index is 0.00535. The van der Waals surface area contributed by atoms with Gasteiger partial charge in [0.25, 0.3) is 0 Å². The van der Waals surface area contributed by atoms with Crippen LogP contribution in [0.25, 0.3) is 0 Å². The van der Waals surface area contributed by atoms with Gasteiger partial charge in [0.15, 0.2) is 5.75 Å². The second-order valence-electron chi connectivity index (χ2n) is 5.48. The highest BCUT2D eigenvalue weighted by Crippen LogP contribution is 2.34. The van der Waals surface area contributed by atoms with E-state index in [0.29, 0.717) is 0 Å². The van der Waals surface area contributed by atoms with Gasteiger partial charge in [0, 0.05) is 0 Å². The number of ether oxygens (including phenoxy) is 1. The van der Waals surface area contributed by atoms with Crippen LogP contribution in [0.2, 0.25) is 5.02 Å². The van der Waals surface area contributed by atoms with Gasteiger partial charge in [-0.25, -0.2) is 0 Å². The standard InChI is InChI=1S/C17H19ClO4S/c1-11(2)13-10-17(16(21-4)9-12(13)3)23(19,20)22-15-8-6-5-7-14(15)18/h5-11H,1-4H3. The third-order valence-electron chi connectivity index (χ3n) is 3.48. The molecule has 4 nitrogen and oxygen atoms in total. The van der Waals surface area contributed by atoms with Crippen LogP contribution >= 0.6 is 11.6 Å². The summed E-state index contributed by atoms with van der Waals surface area (Å²) in [6, 6.07) is 9.74. The minimum Gasteiger partial charge on any atom is -0.495 e. The Labute approximate surface area is 142 Å². The minimum atomic E-state index is -4.06. The van der Waals surface area contributed by atoms with E-state index >= 15 is 0 Å². The van der Waals surface area contributed by atoms with Crippen LogP contribution in [0.15, 0.2) is 41.3 Å². The van der Waals surface area contributed by atoms with E-state index < -0.39 is 10.1 Å². The highest BCUT2D eigenvalue weighted by Gasteiger charge is 2.25. The highest BCUT2D eigenvalue weighted by atomic mass is 35.5. The Bertz CT molecular complexity index is 813. The highest BCUT2D eigenvalue weighted by molar-refractivity contribution is 7.87. The summed E-state index contributed by atoms with van der Waals surface area (Å²) in [4.78, 5) is -0.00535. The molecule has 6 heteroatoms. The molecule has 0 aromatic heterocycles. The molecule has 0 heterocycles. The first kappa shape index (κ1) is 17.6. The SMILES string of the molecule is COc1cc(C)c(C(C)C)cc1S(=O)(=O)Oc1ccccc1Cl. The molecule has 0 saturated heterocycles. The van der Waals surface area contributed by atoms with Gasteiger partial charge >= 0.3 is 10.1 Å². The van der Waals surface area contributed by atoms with Crippen LogP contribution in [0.5, 0.6) is 11.5 Å². The van der Waals surface area contributed by atoms with Crippen LogP contribution < -0.4 is 8.92 Å². The van der Waals surface area contributed by atoms with E-state index in [1.165, 1.54) is 13.2 Å². The molecule has 0 amide bonds. The van der Waals surface area contributed by atoms with Crippen molar-refractivity contribution in [1.29, 1.82) is 0 Å². The molecule has 0 atom stereocenters. The van der Waals surface area contributed by atoms with Gasteiger partial charge in [0.1, 0.15) is 10.6 Å². The van der Waals surface area contributed by atoms with Gasteiger partial charge in [0.2, 0.25) is 0 Å². The first-order chi connectivity index (χ1) is 10.8. The zero-order valence-electron chi connectivity index (χ0n) is 13.5. The maximum absolute atomic E-state index is 12.7. The van der Waals surface area contributed by atoms with Crippen molar-refractivity contribution in [3.63, 3.8) is 0 Å². The van der Waals surface area contributed by atoms with Crippen LogP contribution in [-0.2, 0) is 10.1 Å². The summed E-state index contributed by atoms with van der Waals surface area (Å²) in [5.74, 6) is 0.511. The van der Waals surface area contributed by atoms with Crippen LogP contribution in [0.4, 0.5) is 0 Å². The molecule has 0 bridgehead atoms. The van der Waals surface area contributed by atoms with Crippen molar-refractivity contribution in [2.24, 2.45) is 0 Å². The van der Waals surface area contributed by atoms with Crippen molar-refractivity contribution < 1.29 is 17.3 Å². The topological polar surface area (TPSA) is 52.6 Å². The largest absolute Gasteiger partial charge is 0.495 e. The van der Waals surface area contributed by atoms with Crippen molar-refractivity contribution >= 4 is 21.7 Å². The maximum atomic E-state index is 12.7. The Kier molecular flexibility index (Phi) is 5.22. The molecule has 23 heavy (non-hydrogen) atoms. The Morgan fingerprint density at radius 3 is 2.30 bits per heavy atom. The molecule has 0 saturated carbocycles. The number of aryl methyl sites for hydroxylation is 1. The zero-order chi connectivity index (χ0) is 17.2. The second-order valence-corrected chi connectivity index (χ2v) is 7.40. The zero-order valence-corrected chi connectivity index (χ0v) is 15.0. The lowest BCUT2D eigenvalue weighted by Gasteiger charge is -2.16. The molecule has 0 fully saturated rings. The lowest BCUT2D eigenvalue weighted by atomic mass is 9.98. The van der Waals surface area contributed by atoms with Crippen molar-refractivity contribution in [2.75, 3.05) is 7.11 Å². The van der Waals surface area contributed by atoms with Gasteiger partial charge in [-0.3, -0.25) is 0 Å². The molecular formula is C17H19ClO4S. The van der Waals surface area contributed by atoms with E-state index in [2.05, 4.69) is 0 Å². The average molecular weight is 355 g/mol. The van der Waals surface area contributed by atoms with Crippen molar-refractivity contribution in [3.05, 3.63) is 52.5 Å². The molecule has 2 rings (SSSR count). The first-order valence-electron chi connectivity index (χ1n) is 7.14. The van der Waals surface area contributed by atoms with Gasteiger partial charge in [0.05, 0.1) is 12.1 Å². The van der Waals surface area contributed by atoms with Crippen molar-refractivity contribution in [3.8, 4) is 11.5 Å².